The molecule has 0 atom stereocenters. The first-order chi connectivity index (χ1) is 15.6. The molecule has 10 nitrogen and oxygen atoms in total. The van der Waals surface area contributed by atoms with Crippen LogP contribution in [0.1, 0.15) is 51.4 Å². The van der Waals surface area contributed by atoms with Crippen molar-refractivity contribution in [3.05, 3.63) is 12.2 Å². The predicted molar refractivity (Wildman–Crippen MR) is 118 cm³/mol. The second kappa shape index (κ2) is 15.1. The fraction of sp³-hybridized carbons (Fsp3) is 0.727. The average molecular weight is 453 g/mol. The Morgan fingerprint density at radius 3 is 1.38 bits per heavy atom. The van der Waals surface area contributed by atoms with Crippen LogP contribution in [-0.4, -0.2) is 86.3 Å². The number of hydrogen-bond acceptors (Lipinski definition) is 6. The molecule has 2 aliphatic rings. The third-order valence-electron chi connectivity index (χ3n) is 5.33. The number of amides is 4. The fourth-order valence-electron chi connectivity index (χ4n) is 3.53. The van der Waals surface area contributed by atoms with Crippen LogP contribution in [0, 0.1) is 0 Å². The highest BCUT2D eigenvalue weighted by Crippen LogP contribution is 2.09. The Kier molecular flexibility index (Phi) is 12.0. The van der Waals surface area contributed by atoms with Crippen molar-refractivity contribution in [1.29, 1.82) is 0 Å². The lowest BCUT2D eigenvalue weighted by molar-refractivity contribution is -0.140. The maximum atomic E-state index is 11.9. The second-order valence-electron chi connectivity index (χ2n) is 7.93. The quantitative estimate of drug-likeness (QED) is 0.297. The second-order valence-corrected chi connectivity index (χ2v) is 7.93. The molecule has 32 heavy (non-hydrogen) atoms. The summed E-state index contributed by atoms with van der Waals surface area (Å²) in [5.74, 6) is -1.28. The van der Waals surface area contributed by atoms with E-state index in [1.807, 2.05) is 0 Å². The summed E-state index contributed by atoms with van der Waals surface area (Å²) in [6.07, 6.45) is 9.50. The molecule has 0 aromatic rings. The van der Waals surface area contributed by atoms with E-state index in [0.717, 1.165) is 76.9 Å². The van der Waals surface area contributed by atoms with Gasteiger partial charge in [-0.15, -0.1) is 0 Å². The van der Waals surface area contributed by atoms with Crippen molar-refractivity contribution in [2.45, 2.75) is 51.4 Å². The summed E-state index contributed by atoms with van der Waals surface area (Å²) in [4.78, 5) is 50.7. The van der Waals surface area contributed by atoms with Crippen molar-refractivity contribution < 1.29 is 28.7 Å². The van der Waals surface area contributed by atoms with Crippen LogP contribution < -0.4 is 10.6 Å². The smallest absolute Gasteiger partial charge is 0.331 e. The van der Waals surface area contributed by atoms with Crippen LogP contribution in [0.15, 0.2) is 12.2 Å². The van der Waals surface area contributed by atoms with E-state index < -0.39 is 11.9 Å². The van der Waals surface area contributed by atoms with E-state index in [-0.39, 0.29) is 25.3 Å². The molecule has 0 radical (unpaired) electrons. The number of ether oxygens (including phenoxy) is 2. The largest absolute Gasteiger partial charge is 0.462 e. The van der Waals surface area contributed by atoms with Crippen molar-refractivity contribution >= 4 is 24.0 Å². The van der Waals surface area contributed by atoms with Crippen LogP contribution >= 0.6 is 0 Å². The highest BCUT2D eigenvalue weighted by molar-refractivity contribution is 5.91. The lowest BCUT2D eigenvalue weighted by Crippen LogP contribution is -2.43. The van der Waals surface area contributed by atoms with Gasteiger partial charge in [-0.25, -0.2) is 19.2 Å². The van der Waals surface area contributed by atoms with Gasteiger partial charge in [-0.05, 0) is 51.4 Å². The van der Waals surface area contributed by atoms with E-state index in [9.17, 15) is 19.2 Å². The number of likely N-dealkylation sites (tertiary alicyclic amines) is 2. The van der Waals surface area contributed by atoms with Gasteiger partial charge >= 0.3 is 24.0 Å². The first-order valence-corrected chi connectivity index (χ1v) is 11.6. The van der Waals surface area contributed by atoms with Crippen molar-refractivity contribution in [2.75, 3.05) is 52.5 Å². The summed E-state index contributed by atoms with van der Waals surface area (Å²) in [5, 5.41) is 5.62. The molecule has 2 aliphatic heterocycles. The number of hydrogen-bond donors (Lipinski definition) is 2. The predicted octanol–water partition coefficient (Wildman–Crippen LogP) is 1.80. The van der Waals surface area contributed by atoms with Crippen molar-refractivity contribution in [2.24, 2.45) is 0 Å². The number of rotatable bonds is 10. The van der Waals surface area contributed by atoms with Gasteiger partial charge in [-0.3, -0.25) is 0 Å². The SMILES string of the molecule is O=C(/C=C/C(=O)OCCCNC(=O)N1CCCCC1)OCCCNC(=O)N1CCCCC1. The Balaban J connectivity index is 1.44. The third kappa shape index (κ3) is 10.5. The topological polar surface area (TPSA) is 117 Å². The van der Waals surface area contributed by atoms with E-state index in [2.05, 4.69) is 10.6 Å². The van der Waals surface area contributed by atoms with E-state index in [1.165, 1.54) is 0 Å². The molecule has 10 heteroatoms. The molecule has 0 aliphatic carbocycles. The first-order valence-electron chi connectivity index (χ1n) is 11.6. The molecule has 0 unspecified atom stereocenters. The minimum atomic E-state index is -0.641. The summed E-state index contributed by atoms with van der Waals surface area (Å²) in [6, 6.07) is -0.158. The van der Waals surface area contributed by atoms with Gasteiger partial charge in [-0.1, -0.05) is 0 Å². The molecule has 0 saturated carbocycles. The molecule has 2 N–H and O–H groups in total. The Morgan fingerprint density at radius 1 is 0.625 bits per heavy atom. The zero-order valence-electron chi connectivity index (χ0n) is 18.8. The van der Waals surface area contributed by atoms with Crippen LogP contribution in [0.3, 0.4) is 0 Å². The lowest BCUT2D eigenvalue weighted by atomic mass is 10.1. The standard InChI is InChI=1S/C22H36N4O6/c27-19(31-17-7-11-23-21(29)25-13-3-1-4-14-25)9-10-20(28)32-18-8-12-24-22(30)26-15-5-2-6-16-26/h9-10H,1-8,11-18H2,(H,23,29)(H,24,30)/b10-9+. The molecule has 2 fully saturated rings. The molecule has 0 aromatic carbocycles. The Labute approximate surface area is 189 Å². The first kappa shape index (κ1) is 25.5. The van der Waals surface area contributed by atoms with Crippen molar-refractivity contribution in [1.82, 2.24) is 20.4 Å². The van der Waals surface area contributed by atoms with E-state index in [4.69, 9.17) is 9.47 Å². The summed E-state index contributed by atoms with van der Waals surface area (Å²) in [5.41, 5.74) is 0. The summed E-state index contributed by atoms with van der Waals surface area (Å²) < 4.78 is 9.99. The van der Waals surface area contributed by atoms with Crippen LogP contribution in [0.4, 0.5) is 9.59 Å². The van der Waals surface area contributed by atoms with Crippen LogP contribution in [0.2, 0.25) is 0 Å². The normalized spacial score (nSPS) is 16.5. The molecule has 4 amide bonds. The van der Waals surface area contributed by atoms with E-state index in [0.29, 0.717) is 25.9 Å². The molecule has 0 bridgehead atoms. The van der Waals surface area contributed by atoms with Crippen LogP contribution in [0.5, 0.6) is 0 Å². The van der Waals surface area contributed by atoms with Gasteiger partial charge in [0, 0.05) is 51.4 Å². The highest BCUT2D eigenvalue weighted by atomic mass is 16.5. The molecule has 180 valence electrons. The molecular formula is C22H36N4O6. The summed E-state index contributed by atoms with van der Waals surface area (Å²) in [7, 11) is 0. The maximum absolute atomic E-state index is 11.9. The lowest BCUT2D eigenvalue weighted by Gasteiger charge is -2.26. The monoisotopic (exact) mass is 452 g/mol. The van der Waals surface area contributed by atoms with Gasteiger partial charge in [0.1, 0.15) is 0 Å². The van der Waals surface area contributed by atoms with Gasteiger partial charge in [0.05, 0.1) is 13.2 Å². The van der Waals surface area contributed by atoms with Crippen molar-refractivity contribution in [3.63, 3.8) is 0 Å². The summed E-state index contributed by atoms with van der Waals surface area (Å²) in [6.45, 7) is 4.28. The fourth-order valence-corrected chi connectivity index (χ4v) is 3.53. The molecule has 2 heterocycles. The zero-order chi connectivity index (χ0) is 23.0. The number of nitrogens with one attached hydrogen (secondary N) is 2. The van der Waals surface area contributed by atoms with Crippen molar-refractivity contribution in [3.8, 4) is 0 Å². The molecule has 2 saturated heterocycles. The number of urea groups is 2. The number of nitrogens with zero attached hydrogens (tertiary/aromatic N) is 2. The Morgan fingerprint density at radius 2 is 1.00 bits per heavy atom. The van der Waals surface area contributed by atoms with Crippen LogP contribution in [-0.2, 0) is 19.1 Å². The van der Waals surface area contributed by atoms with Gasteiger partial charge in [0.2, 0.25) is 0 Å². The van der Waals surface area contributed by atoms with E-state index >= 15 is 0 Å². The zero-order valence-corrected chi connectivity index (χ0v) is 18.8. The summed E-state index contributed by atoms with van der Waals surface area (Å²) >= 11 is 0. The average Bonchev–Trinajstić information content (AvgIpc) is 2.83. The van der Waals surface area contributed by atoms with Gasteiger partial charge in [-0.2, -0.15) is 0 Å². The molecular weight excluding hydrogens is 416 g/mol. The molecule has 0 spiro atoms. The van der Waals surface area contributed by atoms with Gasteiger partial charge < -0.3 is 29.9 Å². The number of carbonyl (C=O) groups excluding carboxylic acids is 4. The van der Waals surface area contributed by atoms with Gasteiger partial charge in [0.25, 0.3) is 0 Å². The number of carbonyl (C=O) groups is 4. The molecule has 2 rings (SSSR count). The van der Waals surface area contributed by atoms with Gasteiger partial charge in [0.15, 0.2) is 0 Å². The number of esters is 2. The third-order valence-corrected chi connectivity index (χ3v) is 5.33. The maximum Gasteiger partial charge on any atom is 0.331 e. The highest BCUT2D eigenvalue weighted by Gasteiger charge is 2.16. The number of piperidine rings is 2. The minimum Gasteiger partial charge on any atom is -0.462 e. The van der Waals surface area contributed by atoms with E-state index in [1.54, 1.807) is 9.80 Å². The van der Waals surface area contributed by atoms with Crippen LogP contribution in [0.25, 0.3) is 0 Å². The molecule has 0 aromatic heterocycles. The minimum absolute atomic E-state index is 0.0790. The Bertz CT molecular complexity index is 588. The Hall–Kier alpha value is -2.78.